The van der Waals surface area contributed by atoms with Gasteiger partial charge in [-0.2, -0.15) is 9.78 Å². The zero-order chi connectivity index (χ0) is 31.7. The lowest BCUT2D eigenvalue weighted by molar-refractivity contribution is 0.0697. The zero-order valence-corrected chi connectivity index (χ0v) is 28.2. The van der Waals surface area contributed by atoms with Crippen molar-refractivity contribution in [3.63, 3.8) is 0 Å². The molecule has 45 heavy (non-hydrogen) atoms. The topological polar surface area (TPSA) is 116 Å². The molecule has 0 unspecified atom stereocenters. The van der Waals surface area contributed by atoms with E-state index in [0.29, 0.717) is 54.9 Å². The first kappa shape index (κ1) is 30.8. The molecule has 4 aromatic carbocycles. The molecule has 6 aromatic rings. The van der Waals surface area contributed by atoms with Crippen molar-refractivity contribution in [1.82, 2.24) is 9.66 Å². The van der Waals surface area contributed by atoms with Crippen molar-refractivity contribution in [2.24, 2.45) is 5.10 Å². The summed E-state index contributed by atoms with van der Waals surface area (Å²) in [6.07, 6.45) is 1.53. The van der Waals surface area contributed by atoms with E-state index in [2.05, 4.69) is 52.9 Å². The summed E-state index contributed by atoms with van der Waals surface area (Å²) in [5, 5.41) is 15.0. The molecule has 9 nitrogen and oxygen atoms in total. The fourth-order valence-electron chi connectivity index (χ4n) is 4.63. The molecule has 0 aliphatic carbocycles. The molecular formula is C33H22Br3N3O6. The molecule has 0 fully saturated rings. The van der Waals surface area contributed by atoms with Crippen LogP contribution in [-0.2, 0) is 6.61 Å². The number of aromatic carboxylic acids is 1. The van der Waals surface area contributed by atoms with Crippen LogP contribution in [-0.4, -0.2) is 33.6 Å². The first-order chi connectivity index (χ1) is 21.7. The Morgan fingerprint density at radius 1 is 1.00 bits per heavy atom. The van der Waals surface area contributed by atoms with E-state index in [1.165, 1.54) is 23.0 Å². The maximum Gasteiger partial charge on any atom is 0.335 e. The number of furan rings is 1. The van der Waals surface area contributed by atoms with E-state index in [9.17, 15) is 9.59 Å². The number of hydrogen-bond donors (Lipinski definition) is 1. The van der Waals surface area contributed by atoms with Gasteiger partial charge in [-0.3, -0.25) is 4.79 Å². The van der Waals surface area contributed by atoms with E-state index in [4.69, 9.17) is 24.0 Å². The number of nitrogens with zero attached hydrogens (tertiary/aromatic N) is 3. The molecular weight excluding hydrogens is 774 g/mol. The van der Waals surface area contributed by atoms with Crippen molar-refractivity contribution >= 4 is 81.8 Å². The first-order valence-corrected chi connectivity index (χ1v) is 16.0. The van der Waals surface area contributed by atoms with E-state index >= 15 is 0 Å². The lowest BCUT2D eigenvalue weighted by Gasteiger charge is -2.16. The van der Waals surface area contributed by atoms with Crippen LogP contribution < -0.4 is 15.0 Å². The molecule has 2 heterocycles. The summed E-state index contributed by atoms with van der Waals surface area (Å²) in [6.45, 7) is 2.40. The van der Waals surface area contributed by atoms with Crippen molar-refractivity contribution in [2.45, 2.75) is 13.5 Å². The maximum absolute atomic E-state index is 13.7. The van der Waals surface area contributed by atoms with Crippen LogP contribution in [0.15, 0.2) is 107 Å². The highest BCUT2D eigenvalue weighted by Gasteiger charge is 2.19. The number of rotatable bonds is 9. The normalized spacial score (nSPS) is 11.5. The van der Waals surface area contributed by atoms with Crippen molar-refractivity contribution in [2.75, 3.05) is 6.61 Å². The minimum absolute atomic E-state index is 0.175. The molecule has 0 aliphatic heterocycles. The van der Waals surface area contributed by atoms with Crippen LogP contribution in [0, 0.1) is 0 Å². The van der Waals surface area contributed by atoms with Crippen LogP contribution in [0.2, 0.25) is 0 Å². The molecule has 0 saturated heterocycles. The largest absolute Gasteiger partial charge is 0.490 e. The fraction of sp³-hybridized carbons (Fsp3) is 0.0909. The maximum atomic E-state index is 13.7. The Kier molecular flexibility index (Phi) is 8.88. The zero-order valence-electron chi connectivity index (χ0n) is 23.5. The number of benzene rings is 4. The smallest absolute Gasteiger partial charge is 0.335 e. The van der Waals surface area contributed by atoms with Crippen molar-refractivity contribution < 1.29 is 23.8 Å². The molecule has 1 N–H and O–H groups in total. The van der Waals surface area contributed by atoms with Gasteiger partial charge in [0.25, 0.3) is 5.56 Å². The van der Waals surface area contributed by atoms with Gasteiger partial charge in [-0.05, 0) is 98.9 Å². The van der Waals surface area contributed by atoms with Gasteiger partial charge >= 0.3 is 5.97 Å². The summed E-state index contributed by atoms with van der Waals surface area (Å²) in [7, 11) is 0. The molecule has 2 aromatic heterocycles. The molecule has 0 spiro atoms. The summed E-state index contributed by atoms with van der Waals surface area (Å²) < 4.78 is 21.4. The van der Waals surface area contributed by atoms with Gasteiger partial charge in [-0.15, -0.1) is 0 Å². The number of hydrogen-bond acceptors (Lipinski definition) is 7. The fourth-order valence-corrected chi connectivity index (χ4v) is 5.94. The molecule has 0 radical (unpaired) electrons. The van der Waals surface area contributed by atoms with Gasteiger partial charge in [0.2, 0.25) is 5.82 Å². The second-order valence-electron chi connectivity index (χ2n) is 9.75. The Balaban J connectivity index is 1.40. The standard InChI is InChI=1S/C33H22Br3N3O6/c1-2-43-26-15-21(28(35)29(36)30(26)44-17-18-7-9-19(10-8-18)33(41)42)16-37-39-31(38-24-6-4-3-5-23(24)32(39)40)27-14-20-13-22(34)11-12-25(20)45-27/h3-16H,2,17H2,1H3,(H,41,42). The number of halogens is 3. The van der Waals surface area contributed by atoms with Crippen molar-refractivity contribution in [3.05, 3.63) is 119 Å². The van der Waals surface area contributed by atoms with Crippen LogP contribution in [0.4, 0.5) is 0 Å². The van der Waals surface area contributed by atoms with Crippen molar-refractivity contribution in [3.8, 4) is 23.1 Å². The van der Waals surface area contributed by atoms with E-state index in [0.717, 1.165) is 15.4 Å². The number of ether oxygens (including phenoxy) is 2. The van der Waals surface area contributed by atoms with Gasteiger partial charge in [0, 0.05) is 19.9 Å². The number of carboxylic acids is 1. The third-order valence-corrected chi connectivity index (χ3v) is 9.44. The van der Waals surface area contributed by atoms with Gasteiger partial charge < -0.3 is 19.0 Å². The SMILES string of the molecule is CCOc1cc(C=Nn2c(-c3cc4cc(Br)ccc4o3)nc3ccccc3c2=O)c(Br)c(Br)c1OCc1ccc(C(=O)O)cc1. The second kappa shape index (κ2) is 13.0. The Morgan fingerprint density at radius 3 is 2.53 bits per heavy atom. The van der Waals surface area contributed by atoms with Crippen LogP contribution in [0.5, 0.6) is 11.5 Å². The summed E-state index contributed by atoms with van der Waals surface area (Å²) in [5.74, 6) is 0.532. The Labute approximate surface area is 281 Å². The van der Waals surface area contributed by atoms with Crippen LogP contribution >= 0.6 is 47.8 Å². The highest BCUT2D eigenvalue weighted by atomic mass is 79.9. The molecule has 0 bridgehead atoms. The van der Waals surface area contributed by atoms with E-state index < -0.39 is 5.97 Å². The number of fused-ring (bicyclic) bond motifs is 2. The Bertz CT molecular complexity index is 2170. The Morgan fingerprint density at radius 2 is 1.78 bits per heavy atom. The first-order valence-electron chi connectivity index (χ1n) is 13.6. The van der Waals surface area contributed by atoms with Crippen LogP contribution in [0.1, 0.15) is 28.4 Å². The predicted octanol–water partition coefficient (Wildman–Crippen LogP) is 8.66. The van der Waals surface area contributed by atoms with Crippen molar-refractivity contribution in [1.29, 1.82) is 0 Å². The minimum atomic E-state index is -0.996. The highest BCUT2D eigenvalue weighted by molar-refractivity contribution is 9.13. The summed E-state index contributed by atoms with van der Waals surface area (Å²) in [6, 6.07) is 22.7. The lowest BCUT2D eigenvalue weighted by Crippen LogP contribution is -2.20. The molecule has 0 saturated carbocycles. The molecule has 0 aliphatic rings. The number of para-hydroxylation sites is 1. The molecule has 6 rings (SSSR count). The molecule has 226 valence electrons. The third-order valence-electron chi connectivity index (χ3n) is 6.80. The van der Waals surface area contributed by atoms with Gasteiger partial charge in [0.15, 0.2) is 17.3 Å². The number of aromatic nitrogens is 2. The van der Waals surface area contributed by atoms with Gasteiger partial charge in [-0.1, -0.05) is 40.2 Å². The minimum Gasteiger partial charge on any atom is -0.490 e. The second-order valence-corrected chi connectivity index (χ2v) is 12.3. The summed E-state index contributed by atoms with van der Waals surface area (Å²) in [4.78, 5) is 29.7. The van der Waals surface area contributed by atoms with Gasteiger partial charge in [-0.25, -0.2) is 9.78 Å². The van der Waals surface area contributed by atoms with E-state index in [-0.39, 0.29) is 23.6 Å². The summed E-state index contributed by atoms with van der Waals surface area (Å²) in [5.41, 5.74) is 2.38. The molecule has 0 amide bonds. The monoisotopic (exact) mass is 793 g/mol. The Hall–Kier alpha value is -4.26. The summed E-state index contributed by atoms with van der Waals surface area (Å²) >= 11 is 10.7. The average molecular weight is 796 g/mol. The van der Waals surface area contributed by atoms with Gasteiger partial charge in [0.05, 0.1) is 33.8 Å². The predicted molar refractivity (Wildman–Crippen MR) is 183 cm³/mol. The average Bonchev–Trinajstić information content (AvgIpc) is 3.46. The number of carbonyl (C=O) groups is 1. The highest BCUT2D eigenvalue weighted by Crippen LogP contribution is 2.43. The van der Waals surface area contributed by atoms with E-state index in [1.807, 2.05) is 37.3 Å². The van der Waals surface area contributed by atoms with Crippen LogP contribution in [0.3, 0.4) is 0 Å². The molecule has 12 heteroatoms. The molecule has 0 atom stereocenters. The quantitative estimate of drug-likeness (QED) is 0.146. The number of carboxylic acid groups (broad SMARTS) is 1. The van der Waals surface area contributed by atoms with E-state index in [1.54, 1.807) is 36.4 Å². The lowest BCUT2D eigenvalue weighted by atomic mass is 10.1. The third kappa shape index (κ3) is 6.31. The van der Waals surface area contributed by atoms with Crippen LogP contribution in [0.25, 0.3) is 33.5 Å². The van der Waals surface area contributed by atoms with Gasteiger partial charge in [0.1, 0.15) is 12.2 Å².